The molecule has 0 bridgehead atoms. The number of alkyl halides is 3. The Morgan fingerprint density at radius 2 is 1.61 bits per heavy atom. The molecule has 0 unspecified atom stereocenters. The van der Waals surface area contributed by atoms with Crippen LogP contribution in [-0.2, 0) is 12.6 Å². The lowest BCUT2D eigenvalue weighted by molar-refractivity contribution is -0.141. The van der Waals surface area contributed by atoms with Gasteiger partial charge in [0.25, 0.3) is 0 Å². The van der Waals surface area contributed by atoms with E-state index in [9.17, 15) is 17.6 Å². The Balaban J connectivity index is 3.75. The normalized spacial score (nSPS) is 10.3. The number of pyridine rings is 1. The van der Waals surface area contributed by atoms with E-state index in [0.29, 0.717) is 0 Å². The molecule has 1 rings (SSSR count). The van der Waals surface area contributed by atoms with Crippen molar-refractivity contribution in [2.75, 3.05) is 0 Å². The Morgan fingerprint density at radius 3 is 2.00 bits per heavy atom. The van der Waals surface area contributed by atoms with E-state index in [1.165, 1.54) is 18.2 Å². The van der Waals surface area contributed by atoms with Crippen molar-refractivity contribution in [3.63, 3.8) is 0 Å². The zero-order valence-electron chi connectivity index (χ0n) is 8.51. The maximum Gasteiger partial charge on any atom is 0.434 e. The molecule has 0 amide bonds. The van der Waals surface area contributed by atoms with Crippen LogP contribution in [0.5, 0.6) is 0 Å². The molecule has 1 heterocycles. The summed E-state index contributed by atoms with van der Waals surface area (Å²) in [6.45, 7) is 0. The Labute approximate surface area is 98.3 Å². The van der Waals surface area contributed by atoms with Crippen LogP contribution in [-0.4, -0.2) is 4.98 Å². The average molecular weight is 254 g/mol. The highest BCUT2D eigenvalue weighted by Gasteiger charge is 2.38. The molecule has 0 aliphatic rings. The molecule has 0 saturated heterocycles. The van der Waals surface area contributed by atoms with Crippen molar-refractivity contribution >= 4 is 0 Å². The third-order valence-corrected chi connectivity index (χ3v) is 2.00. The molecule has 4 nitrogen and oxygen atoms in total. The van der Waals surface area contributed by atoms with Crippen molar-refractivity contribution in [1.82, 2.24) is 4.98 Å². The fourth-order valence-electron chi connectivity index (χ4n) is 1.27. The van der Waals surface area contributed by atoms with Gasteiger partial charge >= 0.3 is 6.18 Å². The van der Waals surface area contributed by atoms with E-state index < -0.39 is 40.9 Å². The number of hydrogen-bond acceptors (Lipinski definition) is 4. The van der Waals surface area contributed by atoms with Gasteiger partial charge in [0, 0.05) is 5.56 Å². The predicted octanol–water partition coefficient (Wildman–Crippen LogP) is 2.05. The largest absolute Gasteiger partial charge is 0.434 e. The minimum atomic E-state index is -5.05. The zero-order valence-corrected chi connectivity index (χ0v) is 8.51. The summed E-state index contributed by atoms with van der Waals surface area (Å²) in [4.78, 5) is 2.63. The van der Waals surface area contributed by atoms with Crippen molar-refractivity contribution in [2.45, 2.75) is 12.6 Å². The van der Waals surface area contributed by atoms with Crippen LogP contribution in [0.1, 0.15) is 22.4 Å². The minimum absolute atomic E-state index is 0.607. The van der Waals surface area contributed by atoms with E-state index in [0.717, 1.165) is 0 Å². The Morgan fingerprint density at radius 1 is 1.06 bits per heavy atom. The lowest BCUT2D eigenvalue weighted by atomic mass is 10.0. The van der Waals surface area contributed by atoms with Gasteiger partial charge in [0.15, 0.2) is 5.69 Å². The van der Waals surface area contributed by atoms with Crippen LogP contribution in [0.2, 0.25) is 0 Å². The van der Waals surface area contributed by atoms with E-state index >= 15 is 0 Å². The van der Waals surface area contributed by atoms with Crippen molar-refractivity contribution in [3.05, 3.63) is 28.3 Å². The maximum atomic E-state index is 13.3. The molecule has 0 N–H and O–H groups in total. The monoisotopic (exact) mass is 254 g/mol. The molecular formula is C10H2F4N4. The van der Waals surface area contributed by atoms with Gasteiger partial charge in [0.1, 0.15) is 17.7 Å². The first-order valence-electron chi connectivity index (χ1n) is 4.33. The van der Waals surface area contributed by atoms with Crippen LogP contribution in [0.3, 0.4) is 0 Å². The fourth-order valence-corrected chi connectivity index (χ4v) is 1.27. The first-order chi connectivity index (χ1) is 8.36. The summed E-state index contributed by atoms with van der Waals surface area (Å²) in [6, 6.07) is 3.95. The van der Waals surface area contributed by atoms with Crippen molar-refractivity contribution in [3.8, 4) is 18.2 Å². The summed E-state index contributed by atoms with van der Waals surface area (Å²) in [5.41, 5.74) is -4.25. The van der Waals surface area contributed by atoms with Crippen LogP contribution in [0, 0.1) is 39.9 Å². The lowest BCUT2D eigenvalue weighted by Gasteiger charge is -2.11. The highest BCUT2D eigenvalue weighted by molar-refractivity contribution is 5.53. The number of halogens is 4. The van der Waals surface area contributed by atoms with Gasteiger partial charge in [0.05, 0.1) is 18.1 Å². The molecular weight excluding hydrogens is 252 g/mol. The average Bonchev–Trinajstić information content (AvgIpc) is 2.29. The maximum absolute atomic E-state index is 13.3. The number of nitriles is 3. The molecule has 0 fully saturated rings. The smallest absolute Gasteiger partial charge is 0.213 e. The van der Waals surface area contributed by atoms with E-state index in [1.54, 1.807) is 0 Å². The van der Waals surface area contributed by atoms with Gasteiger partial charge in [-0.25, -0.2) is 4.98 Å². The van der Waals surface area contributed by atoms with Gasteiger partial charge in [-0.3, -0.25) is 0 Å². The summed E-state index contributed by atoms with van der Waals surface area (Å²) in [7, 11) is 0. The van der Waals surface area contributed by atoms with Crippen LogP contribution in [0.4, 0.5) is 17.6 Å². The van der Waals surface area contributed by atoms with Crippen LogP contribution in [0.25, 0.3) is 0 Å². The Hall–Kier alpha value is -2.66. The van der Waals surface area contributed by atoms with Crippen molar-refractivity contribution < 1.29 is 17.6 Å². The molecule has 0 atom stereocenters. The molecule has 18 heavy (non-hydrogen) atoms. The Kier molecular flexibility index (Phi) is 3.49. The van der Waals surface area contributed by atoms with Gasteiger partial charge < -0.3 is 0 Å². The summed E-state index contributed by atoms with van der Waals surface area (Å²) >= 11 is 0. The molecule has 8 heteroatoms. The predicted molar refractivity (Wildman–Crippen MR) is 47.9 cm³/mol. The molecule has 0 spiro atoms. The molecule has 0 radical (unpaired) electrons. The van der Waals surface area contributed by atoms with E-state index in [2.05, 4.69) is 4.98 Å². The molecule has 1 aromatic heterocycles. The SMILES string of the molecule is N#CCc1c(F)nc(C(F)(F)F)c(C#N)c1C#N. The van der Waals surface area contributed by atoms with Gasteiger partial charge in [-0.1, -0.05) is 0 Å². The first-order valence-corrected chi connectivity index (χ1v) is 4.33. The standard InChI is InChI=1S/C10H2F4N4/c11-9-5(1-2-15)6(3-16)7(4-17)8(18-9)10(12,13)14/h1H2. The third kappa shape index (κ3) is 2.21. The number of rotatable bonds is 1. The number of hydrogen-bond donors (Lipinski definition) is 0. The fraction of sp³-hybridized carbons (Fsp3) is 0.200. The first kappa shape index (κ1) is 13.4. The zero-order chi connectivity index (χ0) is 13.9. The molecule has 90 valence electrons. The van der Waals surface area contributed by atoms with E-state index in [4.69, 9.17) is 15.8 Å². The van der Waals surface area contributed by atoms with E-state index in [-0.39, 0.29) is 0 Å². The second-order valence-corrected chi connectivity index (χ2v) is 3.04. The lowest BCUT2D eigenvalue weighted by Crippen LogP contribution is -2.15. The number of nitrogens with zero attached hydrogens (tertiary/aromatic N) is 4. The van der Waals surface area contributed by atoms with Crippen LogP contribution in [0.15, 0.2) is 0 Å². The quantitative estimate of drug-likeness (QED) is 0.567. The highest BCUT2D eigenvalue weighted by Crippen LogP contribution is 2.33. The Bertz CT molecular complexity index is 613. The highest BCUT2D eigenvalue weighted by atomic mass is 19.4. The summed E-state index contributed by atoms with van der Waals surface area (Å²) in [6.07, 6.45) is -5.70. The van der Waals surface area contributed by atoms with E-state index in [1.807, 2.05) is 0 Å². The number of aromatic nitrogens is 1. The summed E-state index contributed by atoms with van der Waals surface area (Å²) < 4.78 is 50.8. The molecule has 0 aliphatic heterocycles. The molecule has 1 aromatic rings. The third-order valence-electron chi connectivity index (χ3n) is 2.00. The molecule has 0 aliphatic carbocycles. The summed E-state index contributed by atoms with van der Waals surface area (Å²) in [5, 5.41) is 25.7. The van der Waals surface area contributed by atoms with Crippen LogP contribution >= 0.6 is 0 Å². The van der Waals surface area contributed by atoms with Crippen LogP contribution < -0.4 is 0 Å². The van der Waals surface area contributed by atoms with Gasteiger partial charge in [0.2, 0.25) is 5.95 Å². The van der Waals surface area contributed by atoms with Crippen molar-refractivity contribution in [2.24, 2.45) is 0 Å². The summed E-state index contributed by atoms with van der Waals surface area (Å²) in [5.74, 6) is -1.57. The van der Waals surface area contributed by atoms with Gasteiger partial charge in [-0.2, -0.15) is 33.3 Å². The van der Waals surface area contributed by atoms with Gasteiger partial charge in [-0.15, -0.1) is 0 Å². The van der Waals surface area contributed by atoms with Crippen molar-refractivity contribution in [1.29, 1.82) is 15.8 Å². The second kappa shape index (κ2) is 4.68. The topological polar surface area (TPSA) is 84.3 Å². The van der Waals surface area contributed by atoms with Gasteiger partial charge in [-0.05, 0) is 0 Å². The molecule has 0 aromatic carbocycles. The minimum Gasteiger partial charge on any atom is -0.213 e. The molecule has 0 saturated carbocycles. The second-order valence-electron chi connectivity index (χ2n) is 3.04.